The van der Waals surface area contributed by atoms with Gasteiger partial charge in [0.05, 0.1) is 31.7 Å². The zero-order valence-electron chi connectivity index (χ0n) is 20.9. The summed E-state index contributed by atoms with van der Waals surface area (Å²) in [7, 11) is 1.24. The van der Waals surface area contributed by atoms with Crippen LogP contribution in [0.3, 0.4) is 0 Å². The number of guanidine groups is 1. The number of nitrogens with two attached hydrogens (primary N) is 1. The zero-order valence-corrected chi connectivity index (χ0v) is 20.9. The highest BCUT2D eigenvalue weighted by Gasteiger charge is 2.38. The molecule has 36 heavy (non-hydrogen) atoms. The van der Waals surface area contributed by atoms with Gasteiger partial charge in [-0.1, -0.05) is 44.2 Å². The van der Waals surface area contributed by atoms with Crippen molar-refractivity contribution in [1.82, 2.24) is 15.5 Å². The summed E-state index contributed by atoms with van der Waals surface area (Å²) in [5, 5.41) is 5.39. The number of aliphatic imine (C=N–C) groups is 1. The highest BCUT2D eigenvalue weighted by molar-refractivity contribution is 5.99. The zero-order chi connectivity index (χ0) is 26.5. The quantitative estimate of drug-likeness (QED) is 0.517. The van der Waals surface area contributed by atoms with E-state index in [4.69, 9.17) is 5.73 Å². The van der Waals surface area contributed by atoms with E-state index in [0.29, 0.717) is 5.56 Å². The Morgan fingerprint density at radius 1 is 1.22 bits per heavy atom. The van der Waals surface area contributed by atoms with E-state index in [1.807, 2.05) is 26.8 Å². The van der Waals surface area contributed by atoms with Crippen molar-refractivity contribution in [1.29, 1.82) is 0 Å². The number of methoxy groups -OCH3 is 1. The van der Waals surface area contributed by atoms with Gasteiger partial charge in [0.1, 0.15) is 5.82 Å². The maximum atomic E-state index is 14.5. The predicted molar refractivity (Wildman–Crippen MR) is 133 cm³/mol. The number of halogens is 1. The van der Waals surface area contributed by atoms with Gasteiger partial charge in [0, 0.05) is 12.1 Å². The fourth-order valence-electron chi connectivity index (χ4n) is 3.89. The van der Waals surface area contributed by atoms with Crippen LogP contribution in [0.2, 0.25) is 0 Å². The molecule has 3 amide bonds. The Kier molecular flexibility index (Phi) is 8.29. The second kappa shape index (κ2) is 11.2. The number of carbonyl (C=O) groups is 3. The number of nitrogens with one attached hydrogen (secondary N) is 2. The van der Waals surface area contributed by atoms with Gasteiger partial charge < -0.3 is 21.1 Å². The summed E-state index contributed by atoms with van der Waals surface area (Å²) in [4.78, 5) is 43.3. The number of hydrogen-bond acceptors (Lipinski definition) is 6. The molecular weight excluding hydrogens is 465 g/mol. The average molecular weight is 498 g/mol. The van der Waals surface area contributed by atoms with Crippen LogP contribution in [-0.2, 0) is 16.1 Å². The molecule has 0 spiro atoms. The van der Waals surface area contributed by atoms with E-state index in [-0.39, 0.29) is 42.9 Å². The number of alkyl carbamates (subject to hydrolysis) is 1. The monoisotopic (exact) mass is 497 g/mol. The first kappa shape index (κ1) is 26.7. The third kappa shape index (κ3) is 6.38. The van der Waals surface area contributed by atoms with Crippen LogP contribution >= 0.6 is 0 Å². The van der Waals surface area contributed by atoms with Crippen molar-refractivity contribution in [3.05, 3.63) is 71.0 Å². The summed E-state index contributed by atoms with van der Waals surface area (Å²) in [6, 6.07) is 12.3. The van der Waals surface area contributed by atoms with Gasteiger partial charge >= 0.3 is 6.09 Å². The third-order valence-corrected chi connectivity index (χ3v) is 6.40. The van der Waals surface area contributed by atoms with E-state index in [1.54, 1.807) is 24.3 Å². The molecule has 10 heteroatoms. The van der Waals surface area contributed by atoms with Crippen molar-refractivity contribution in [2.45, 2.75) is 45.3 Å². The third-order valence-electron chi connectivity index (χ3n) is 6.40. The molecular formula is C26H32FN5O4. The molecule has 192 valence electrons. The molecule has 1 aliphatic rings. The first-order valence-corrected chi connectivity index (χ1v) is 11.6. The van der Waals surface area contributed by atoms with Crippen molar-refractivity contribution >= 4 is 23.9 Å². The van der Waals surface area contributed by atoms with Crippen LogP contribution in [0.5, 0.6) is 0 Å². The molecule has 0 fully saturated rings. The van der Waals surface area contributed by atoms with Gasteiger partial charge in [0.15, 0.2) is 5.96 Å². The molecule has 2 aromatic rings. The number of carbonyl (C=O) groups excluding carboxylic acids is 3. The maximum absolute atomic E-state index is 14.5. The van der Waals surface area contributed by atoms with Crippen LogP contribution in [0.1, 0.15) is 54.7 Å². The Hall–Kier alpha value is -3.95. The van der Waals surface area contributed by atoms with Crippen LogP contribution in [-0.4, -0.2) is 48.0 Å². The van der Waals surface area contributed by atoms with Crippen LogP contribution in [0, 0.1) is 11.7 Å². The number of rotatable bonds is 8. The molecule has 3 rings (SSSR count). The van der Waals surface area contributed by atoms with Crippen molar-refractivity contribution in [3.8, 4) is 0 Å². The highest BCUT2D eigenvalue weighted by Crippen LogP contribution is 2.30. The molecule has 0 aromatic heterocycles. The van der Waals surface area contributed by atoms with Gasteiger partial charge in [-0.2, -0.15) is 0 Å². The molecule has 0 bridgehead atoms. The average Bonchev–Trinajstić information content (AvgIpc) is 2.83. The van der Waals surface area contributed by atoms with Crippen molar-refractivity contribution < 1.29 is 23.5 Å². The van der Waals surface area contributed by atoms with Crippen LogP contribution in [0.4, 0.5) is 9.18 Å². The maximum Gasteiger partial charge on any atom is 0.406 e. The van der Waals surface area contributed by atoms with E-state index < -0.39 is 29.4 Å². The van der Waals surface area contributed by atoms with E-state index in [9.17, 15) is 18.8 Å². The fraction of sp³-hybridized carbons (Fsp3) is 0.385. The summed E-state index contributed by atoms with van der Waals surface area (Å²) < 4.78 is 19.1. The van der Waals surface area contributed by atoms with Crippen molar-refractivity contribution in [2.75, 3.05) is 13.7 Å². The van der Waals surface area contributed by atoms with Crippen molar-refractivity contribution in [3.63, 3.8) is 0 Å². The van der Waals surface area contributed by atoms with Crippen LogP contribution in [0.15, 0.2) is 53.5 Å². The first-order valence-electron chi connectivity index (χ1n) is 11.6. The predicted octanol–water partition coefficient (Wildman–Crippen LogP) is 3.11. The SMILES string of the molecule is COC(=O)NC[C@H](NC(=O)c1cc(F)cc(CN2C(=O)C[C@@](C)(C(C)C)N=C2N)c1)c1ccccc1. The van der Waals surface area contributed by atoms with E-state index in [0.717, 1.165) is 11.6 Å². The van der Waals surface area contributed by atoms with E-state index >= 15 is 0 Å². The molecule has 0 radical (unpaired) electrons. The first-order chi connectivity index (χ1) is 17.0. The minimum Gasteiger partial charge on any atom is -0.453 e. The Bertz CT molecular complexity index is 1150. The minimum atomic E-state index is -0.641. The molecule has 2 aromatic carbocycles. The lowest BCUT2D eigenvalue weighted by Gasteiger charge is -2.37. The molecule has 0 saturated carbocycles. The number of ether oxygens (including phenoxy) is 1. The number of hydrogen-bond donors (Lipinski definition) is 3. The lowest BCUT2D eigenvalue weighted by molar-refractivity contribution is -0.130. The second-order valence-corrected chi connectivity index (χ2v) is 9.30. The summed E-state index contributed by atoms with van der Waals surface area (Å²) in [5.74, 6) is -1.22. The Labute approximate surface area is 209 Å². The van der Waals surface area contributed by atoms with E-state index in [2.05, 4.69) is 20.4 Å². The number of amides is 3. The van der Waals surface area contributed by atoms with Gasteiger partial charge in [-0.15, -0.1) is 0 Å². The molecule has 1 aliphatic heterocycles. The van der Waals surface area contributed by atoms with Crippen LogP contribution < -0.4 is 16.4 Å². The van der Waals surface area contributed by atoms with Crippen molar-refractivity contribution in [2.24, 2.45) is 16.6 Å². The lowest BCUT2D eigenvalue weighted by Crippen LogP contribution is -2.51. The summed E-state index contributed by atoms with van der Waals surface area (Å²) in [6.45, 7) is 5.87. The minimum absolute atomic E-state index is 0.0214. The van der Waals surface area contributed by atoms with Gasteiger partial charge in [0.25, 0.3) is 5.91 Å². The number of benzene rings is 2. The Morgan fingerprint density at radius 3 is 2.53 bits per heavy atom. The van der Waals surface area contributed by atoms with Gasteiger partial charge in [0.2, 0.25) is 5.91 Å². The summed E-state index contributed by atoms with van der Waals surface area (Å²) in [6.07, 6.45) is -0.461. The molecule has 1 heterocycles. The Morgan fingerprint density at radius 2 is 1.92 bits per heavy atom. The van der Waals surface area contributed by atoms with Gasteiger partial charge in [-0.3, -0.25) is 14.5 Å². The van der Waals surface area contributed by atoms with Gasteiger partial charge in [-0.05, 0) is 42.2 Å². The lowest BCUT2D eigenvalue weighted by atomic mass is 9.84. The Balaban J connectivity index is 1.81. The normalized spacial score (nSPS) is 18.4. The molecule has 4 N–H and O–H groups in total. The molecule has 2 atom stereocenters. The molecule has 0 aliphatic carbocycles. The number of nitrogens with zero attached hydrogens (tertiary/aromatic N) is 2. The fourth-order valence-corrected chi connectivity index (χ4v) is 3.89. The standard InChI is InChI=1S/C26H32FN5O4/c1-16(2)26(3)13-22(33)32(24(28)31-26)15-17-10-19(12-20(27)11-17)23(34)30-21(14-29-25(35)36-4)18-8-6-5-7-9-18/h5-12,16,21H,13-15H2,1-4H3,(H2,28,31)(H,29,35)(H,30,34)/t21-,26-/m0/s1. The van der Waals surface area contributed by atoms with E-state index in [1.165, 1.54) is 24.1 Å². The largest absolute Gasteiger partial charge is 0.453 e. The van der Waals surface area contributed by atoms with Crippen LogP contribution in [0.25, 0.3) is 0 Å². The highest BCUT2D eigenvalue weighted by atomic mass is 19.1. The van der Waals surface area contributed by atoms with Gasteiger partial charge in [-0.25, -0.2) is 14.2 Å². The smallest absolute Gasteiger partial charge is 0.406 e. The molecule has 0 saturated heterocycles. The molecule has 9 nitrogen and oxygen atoms in total. The molecule has 0 unspecified atom stereocenters. The summed E-state index contributed by atoms with van der Waals surface area (Å²) >= 11 is 0. The summed E-state index contributed by atoms with van der Waals surface area (Å²) in [5.41, 5.74) is 6.70. The topological polar surface area (TPSA) is 126 Å². The second-order valence-electron chi connectivity index (χ2n) is 9.30.